The summed E-state index contributed by atoms with van der Waals surface area (Å²) in [6, 6.07) is 1.36. The average Bonchev–Trinajstić information content (AvgIpc) is 3.26. The summed E-state index contributed by atoms with van der Waals surface area (Å²) in [5.74, 6) is 1.52. The van der Waals surface area contributed by atoms with E-state index in [1.807, 2.05) is 0 Å². The summed E-state index contributed by atoms with van der Waals surface area (Å²) in [7, 11) is 0. The third-order valence-corrected chi connectivity index (χ3v) is 5.64. The van der Waals surface area contributed by atoms with Gasteiger partial charge >= 0.3 is 0 Å². The molecule has 0 radical (unpaired) electrons. The molecule has 3 saturated carbocycles. The molecular formula is C17H31ClN2O. The standard InChI is InChI=1S/C17H30N2O.ClH/c1-12-5-7-15(8-6-12)19(16-9-10-16)17(20)13-3-2-4-14(18)11-13;/h12-16H,2-11,18H2,1H3;1H. The summed E-state index contributed by atoms with van der Waals surface area (Å²) in [6.45, 7) is 2.35. The number of hydrogen-bond donors (Lipinski definition) is 1. The molecule has 3 nitrogen and oxygen atoms in total. The number of nitrogens with zero attached hydrogens (tertiary/aromatic N) is 1. The van der Waals surface area contributed by atoms with Gasteiger partial charge in [-0.15, -0.1) is 12.4 Å². The molecule has 0 bridgehead atoms. The Bertz CT molecular complexity index is 351. The first-order valence-electron chi connectivity index (χ1n) is 8.73. The van der Waals surface area contributed by atoms with Crippen molar-refractivity contribution in [3.63, 3.8) is 0 Å². The van der Waals surface area contributed by atoms with Gasteiger partial charge in [0.2, 0.25) is 5.91 Å². The van der Waals surface area contributed by atoms with E-state index < -0.39 is 0 Å². The van der Waals surface area contributed by atoms with Gasteiger partial charge in [-0.05, 0) is 63.7 Å². The number of halogens is 1. The Labute approximate surface area is 135 Å². The molecule has 21 heavy (non-hydrogen) atoms. The highest BCUT2D eigenvalue weighted by molar-refractivity contribution is 5.85. The number of carbonyl (C=O) groups is 1. The second-order valence-electron chi connectivity index (χ2n) is 7.51. The van der Waals surface area contributed by atoms with Crippen molar-refractivity contribution in [2.45, 2.75) is 89.3 Å². The van der Waals surface area contributed by atoms with E-state index in [0.717, 1.165) is 31.6 Å². The SMILES string of the molecule is CC1CCC(N(C(=O)C2CCCC(N)C2)C2CC2)CC1.Cl. The number of nitrogens with two attached hydrogens (primary N) is 1. The largest absolute Gasteiger partial charge is 0.336 e. The minimum Gasteiger partial charge on any atom is -0.336 e. The van der Waals surface area contributed by atoms with Crippen LogP contribution < -0.4 is 5.73 Å². The van der Waals surface area contributed by atoms with Crippen LogP contribution in [0.2, 0.25) is 0 Å². The predicted molar refractivity (Wildman–Crippen MR) is 88.5 cm³/mol. The third kappa shape index (κ3) is 4.13. The molecule has 0 heterocycles. The molecule has 3 rings (SSSR count). The lowest BCUT2D eigenvalue weighted by atomic mass is 9.83. The van der Waals surface area contributed by atoms with Crippen LogP contribution in [0.15, 0.2) is 0 Å². The average molecular weight is 315 g/mol. The van der Waals surface area contributed by atoms with Crippen molar-refractivity contribution in [1.82, 2.24) is 4.90 Å². The molecule has 0 spiro atoms. The molecule has 4 heteroatoms. The highest BCUT2D eigenvalue weighted by Gasteiger charge is 2.41. The van der Waals surface area contributed by atoms with Crippen LogP contribution in [0.25, 0.3) is 0 Å². The fourth-order valence-electron chi connectivity index (χ4n) is 4.19. The molecule has 3 fully saturated rings. The highest BCUT2D eigenvalue weighted by atomic mass is 35.5. The van der Waals surface area contributed by atoms with Crippen LogP contribution in [-0.2, 0) is 4.79 Å². The van der Waals surface area contributed by atoms with Crippen LogP contribution in [0, 0.1) is 11.8 Å². The van der Waals surface area contributed by atoms with E-state index in [1.54, 1.807) is 0 Å². The Kier molecular flexibility index (Phi) is 5.96. The van der Waals surface area contributed by atoms with Gasteiger partial charge in [0, 0.05) is 24.0 Å². The van der Waals surface area contributed by atoms with Crippen LogP contribution in [0.3, 0.4) is 0 Å². The normalized spacial score (nSPS) is 36.7. The quantitative estimate of drug-likeness (QED) is 0.866. The van der Waals surface area contributed by atoms with Crippen LogP contribution >= 0.6 is 12.4 Å². The fraction of sp³-hybridized carbons (Fsp3) is 0.941. The Morgan fingerprint density at radius 1 is 0.952 bits per heavy atom. The van der Waals surface area contributed by atoms with Crippen molar-refractivity contribution in [3.05, 3.63) is 0 Å². The van der Waals surface area contributed by atoms with Gasteiger partial charge in [0.15, 0.2) is 0 Å². The summed E-state index contributed by atoms with van der Waals surface area (Å²) in [5, 5.41) is 0. The van der Waals surface area contributed by atoms with Crippen molar-refractivity contribution >= 4 is 18.3 Å². The first-order valence-corrected chi connectivity index (χ1v) is 8.73. The molecule has 0 aromatic carbocycles. The van der Waals surface area contributed by atoms with Gasteiger partial charge in [0.1, 0.15) is 0 Å². The highest BCUT2D eigenvalue weighted by Crippen LogP contribution is 2.38. The first-order chi connectivity index (χ1) is 9.65. The Balaban J connectivity index is 0.00000161. The van der Waals surface area contributed by atoms with Gasteiger partial charge in [-0.2, -0.15) is 0 Å². The molecule has 2 unspecified atom stereocenters. The van der Waals surface area contributed by atoms with E-state index in [9.17, 15) is 4.79 Å². The molecule has 122 valence electrons. The van der Waals surface area contributed by atoms with E-state index in [2.05, 4.69) is 11.8 Å². The van der Waals surface area contributed by atoms with E-state index in [4.69, 9.17) is 5.73 Å². The predicted octanol–water partition coefficient (Wildman–Crippen LogP) is 3.50. The molecule has 2 atom stereocenters. The molecule has 0 aromatic heterocycles. The van der Waals surface area contributed by atoms with Crippen molar-refractivity contribution in [3.8, 4) is 0 Å². The molecule has 0 aromatic rings. The molecule has 1 amide bonds. The van der Waals surface area contributed by atoms with Gasteiger partial charge in [0.05, 0.1) is 0 Å². The minimum atomic E-state index is 0. The van der Waals surface area contributed by atoms with E-state index >= 15 is 0 Å². The summed E-state index contributed by atoms with van der Waals surface area (Å²) in [5.41, 5.74) is 6.08. The van der Waals surface area contributed by atoms with Gasteiger partial charge in [0.25, 0.3) is 0 Å². The molecule has 3 aliphatic carbocycles. The zero-order valence-electron chi connectivity index (χ0n) is 13.3. The van der Waals surface area contributed by atoms with Gasteiger partial charge < -0.3 is 10.6 Å². The Morgan fingerprint density at radius 2 is 1.52 bits per heavy atom. The topological polar surface area (TPSA) is 46.3 Å². The summed E-state index contributed by atoms with van der Waals surface area (Å²) < 4.78 is 0. The van der Waals surface area contributed by atoms with Gasteiger partial charge in [-0.3, -0.25) is 4.79 Å². The zero-order valence-corrected chi connectivity index (χ0v) is 14.1. The van der Waals surface area contributed by atoms with E-state index in [1.165, 1.54) is 38.5 Å². The first kappa shape index (κ1) is 17.1. The number of amides is 1. The maximum Gasteiger partial charge on any atom is 0.226 e. The van der Waals surface area contributed by atoms with Crippen LogP contribution in [0.1, 0.15) is 71.1 Å². The maximum atomic E-state index is 13.0. The molecule has 0 aliphatic heterocycles. The summed E-state index contributed by atoms with van der Waals surface area (Å²) in [4.78, 5) is 15.3. The van der Waals surface area contributed by atoms with E-state index in [-0.39, 0.29) is 24.4 Å². The second-order valence-corrected chi connectivity index (χ2v) is 7.51. The second kappa shape index (κ2) is 7.32. The van der Waals surface area contributed by atoms with Gasteiger partial charge in [-0.25, -0.2) is 0 Å². The lowest BCUT2D eigenvalue weighted by Crippen LogP contribution is -2.48. The maximum absolute atomic E-state index is 13.0. The van der Waals surface area contributed by atoms with Crippen LogP contribution in [-0.4, -0.2) is 28.9 Å². The smallest absolute Gasteiger partial charge is 0.226 e. The van der Waals surface area contributed by atoms with Crippen molar-refractivity contribution in [2.75, 3.05) is 0 Å². The number of hydrogen-bond acceptors (Lipinski definition) is 2. The lowest BCUT2D eigenvalue weighted by molar-refractivity contribution is -0.140. The number of carbonyl (C=O) groups excluding carboxylic acids is 1. The Hall–Kier alpha value is -0.280. The molecule has 3 aliphatic rings. The lowest BCUT2D eigenvalue weighted by Gasteiger charge is -2.39. The zero-order chi connectivity index (χ0) is 14.1. The van der Waals surface area contributed by atoms with Gasteiger partial charge in [-0.1, -0.05) is 13.3 Å². The van der Waals surface area contributed by atoms with Crippen molar-refractivity contribution in [2.24, 2.45) is 17.6 Å². The number of rotatable bonds is 3. The minimum absolute atomic E-state index is 0. The molecule has 2 N–H and O–H groups in total. The van der Waals surface area contributed by atoms with Crippen molar-refractivity contribution < 1.29 is 4.79 Å². The Morgan fingerprint density at radius 3 is 2.05 bits per heavy atom. The van der Waals surface area contributed by atoms with Crippen LogP contribution in [0.4, 0.5) is 0 Å². The third-order valence-electron chi connectivity index (χ3n) is 5.64. The van der Waals surface area contributed by atoms with Crippen LogP contribution in [0.5, 0.6) is 0 Å². The molecule has 0 saturated heterocycles. The van der Waals surface area contributed by atoms with E-state index in [0.29, 0.717) is 18.0 Å². The van der Waals surface area contributed by atoms with Crippen molar-refractivity contribution in [1.29, 1.82) is 0 Å². The fourth-order valence-corrected chi connectivity index (χ4v) is 4.19. The summed E-state index contributed by atoms with van der Waals surface area (Å²) in [6.07, 6.45) is 11.7. The summed E-state index contributed by atoms with van der Waals surface area (Å²) >= 11 is 0. The molecular weight excluding hydrogens is 284 g/mol. The monoisotopic (exact) mass is 314 g/mol.